The average molecular weight is 497 g/mol. The molecule has 1 aliphatic heterocycles. The minimum Gasteiger partial charge on any atom is -0.444 e. The van der Waals surface area contributed by atoms with E-state index in [-0.39, 0.29) is 24.0 Å². The number of piperidine rings is 1. The zero-order valence-electron chi connectivity index (χ0n) is 17.1. The fourth-order valence-corrected chi connectivity index (χ4v) is 3.32. The number of halogens is 1. The Morgan fingerprint density at radius 1 is 1.04 bits per heavy atom. The zero-order chi connectivity index (χ0) is 19.1. The molecule has 0 bridgehead atoms. The Bertz CT molecular complexity index is 731. The lowest BCUT2D eigenvalue weighted by atomic mass is 10.1. The van der Waals surface area contributed by atoms with Crippen LogP contribution in [0, 0.1) is 13.8 Å². The van der Waals surface area contributed by atoms with Crippen LogP contribution in [0.25, 0.3) is 0 Å². The summed E-state index contributed by atoms with van der Waals surface area (Å²) in [6.45, 7) is 8.64. The van der Waals surface area contributed by atoms with Crippen molar-refractivity contribution in [3.05, 3.63) is 52.7 Å². The first-order valence-corrected chi connectivity index (χ1v) is 9.81. The second kappa shape index (κ2) is 11.4. The molecule has 0 radical (unpaired) electrons. The first-order chi connectivity index (χ1) is 13.1. The van der Waals surface area contributed by atoms with Gasteiger partial charge in [0.25, 0.3) is 0 Å². The molecule has 1 aromatic carbocycles. The van der Waals surface area contributed by atoms with Gasteiger partial charge >= 0.3 is 0 Å². The van der Waals surface area contributed by atoms with Crippen molar-refractivity contribution in [3.8, 4) is 0 Å². The van der Waals surface area contributed by atoms with E-state index in [9.17, 15) is 0 Å². The molecular weight excluding hydrogens is 465 g/mol. The van der Waals surface area contributed by atoms with Crippen LogP contribution in [0.3, 0.4) is 0 Å². The van der Waals surface area contributed by atoms with Crippen LogP contribution < -0.4 is 10.6 Å². The van der Waals surface area contributed by atoms with Gasteiger partial charge in [-0.2, -0.15) is 0 Å². The first-order valence-electron chi connectivity index (χ1n) is 9.81. The van der Waals surface area contributed by atoms with Gasteiger partial charge in [0, 0.05) is 20.1 Å². The molecule has 0 amide bonds. The number of aliphatic imine (C=N–C) groups is 1. The Hall–Kier alpha value is -1.61. The SMILES string of the molecule is CN=C(NCc1ccc(CN2CCCCC2)cc1)NCc1nc(C)c(C)o1.I. The van der Waals surface area contributed by atoms with E-state index in [1.54, 1.807) is 7.05 Å². The summed E-state index contributed by atoms with van der Waals surface area (Å²) in [4.78, 5) is 11.2. The van der Waals surface area contributed by atoms with Gasteiger partial charge in [-0.1, -0.05) is 30.7 Å². The number of hydrogen-bond donors (Lipinski definition) is 2. The van der Waals surface area contributed by atoms with E-state index in [0.717, 1.165) is 30.5 Å². The molecule has 1 aliphatic rings. The molecule has 2 N–H and O–H groups in total. The zero-order valence-corrected chi connectivity index (χ0v) is 19.5. The van der Waals surface area contributed by atoms with Crippen molar-refractivity contribution in [1.82, 2.24) is 20.5 Å². The number of oxazole rings is 1. The summed E-state index contributed by atoms with van der Waals surface area (Å²) in [5.74, 6) is 2.27. The maximum Gasteiger partial charge on any atom is 0.214 e. The molecule has 6 nitrogen and oxygen atoms in total. The maximum absolute atomic E-state index is 5.59. The summed E-state index contributed by atoms with van der Waals surface area (Å²) >= 11 is 0. The molecule has 3 rings (SSSR count). The van der Waals surface area contributed by atoms with Crippen molar-refractivity contribution in [3.63, 3.8) is 0 Å². The van der Waals surface area contributed by atoms with Crippen LogP contribution >= 0.6 is 24.0 Å². The lowest BCUT2D eigenvalue weighted by molar-refractivity contribution is 0.221. The van der Waals surface area contributed by atoms with E-state index in [4.69, 9.17) is 4.42 Å². The van der Waals surface area contributed by atoms with Crippen molar-refractivity contribution in [2.45, 2.75) is 52.7 Å². The van der Waals surface area contributed by atoms with E-state index in [1.165, 1.54) is 43.5 Å². The smallest absolute Gasteiger partial charge is 0.214 e. The molecular formula is C21H32IN5O. The monoisotopic (exact) mass is 497 g/mol. The van der Waals surface area contributed by atoms with Gasteiger partial charge in [0.2, 0.25) is 5.89 Å². The number of benzene rings is 1. The third kappa shape index (κ3) is 6.77. The lowest BCUT2D eigenvalue weighted by Crippen LogP contribution is -2.36. The maximum atomic E-state index is 5.59. The van der Waals surface area contributed by atoms with Gasteiger partial charge in [0.15, 0.2) is 5.96 Å². The summed E-state index contributed by atoms with van der Waals surface area (Å²) in [6, 6.07) is 8.86. The highest BCUT2D eigenvalue weighted by Gasteiger charge is 2.10. The van der Waals surface area contributed by atoms with Crippen molar-refractivity contribution >= 4 is 29.9 Å². The summed E-state index contributed by atoms with van der Waals surface area (Å²) in [5.41, 5.74) is 3.56. The highest BCUT2D eigenvalue weighted by atomic mass is 127. The predicted molar refractivity (Wildman–Crippen MR) is 124 cm³/mol. The van der Waals surface area contributed by atoms with Gasteiger partial charge in [0.1, 0.15) is 5.76 Å². The fourth-order valence-electron chi connectivity index (χ4n) is 3.32. The second-order valence-electron chi connectivity index (χ2n) is 7.18. The number of rotatable bonds is 6. The van der Waals surface area contributed by atoms with Crippen molar-refractivity contribution in [2.24, 2.45) is 4.99 Å². The molecule has 0 atom stereocenters. The Labute approximate surface area is 185 Å². The van der Waals surface area contributed by atoms with E-state index in [0.29, 0.717) is 12.4 Å². The number of hydrogen-bond acceptors (Lipinski definition) is 4. The minimum absolute atomic E-state index is 0. The quantitative estimate of drug-likeness (QED) is 0.362. The third-order valence-electron chi connectivity index (χ3n) is 5.04. The summed E-state index contributed by atoms with van der Waals surface area (Å²) in [5, 5.41) is 6.58. The molecule has 2 aromatic rings. The molecule has 0 aliphatic carbocycles. The molecule has 2 heterocycles. The molecule has 154 valence electrons. The second-order valence-corrected chi connectivity index (χ2v) is 7.18. The highest BCUT2D eigenvalue weighted by Crippen LogP contribution is 2.13. The highest BCUT2D eigenvalue weighted by molar-refractivity contribution is 14.0. The van der Waals surface area contributed by atoms with Crippen molar-refractivity contribution in [2.75, 3.05) is 20.1 Å². The largest absolute Gasteiger partial charge is 0.444 e. The van der Waals surface area contributed by atoms with Gasteiger partial charge in [-0.25, -0.2) is 4.98 Å². The van der Waals surface area contributed by atoms with Crippen LogP contribution in [0.2, 0.25) is 0 Å². The number of nitrogens with zero attached hydrogens (tertiary/aromatic N) is 3. The Morgan fingerprint density at radius 3 is 2.29 bits per heavy atom. The Morgan fingerprint density at radius 2 is 1.68 bits per heavy atom. The van der Waals surface area contributed by atoms with Crippen molar-refractivity contribution in [1.29, 1.82) is 0 Å². The molecule has 28 heavy (non-hydrogen) atoms. The lowest BCUT2D eigenvalue weighted by Gasteiger charge is -2.26. The third-order valence-corrected chi connectivity index (χ3v) is 5.04. The van der Waals surface area contributed by atoms with E-state index < -0.39 is 0 Å². The normalized spacial score (nSPS) is 15.2. The van der Waals surface area contributed by atoms with Gasteiger partial charge in [0.05, 0.1) is 12.2 Å². The van der Waals surface area contributed by atoms with E-state index >= 15 is 0 Å². The van der Waals surface area contributed by atoms with Crippen LogP contribution in [0.5, 0.6) is 0 Å². The number of nitrogens with one attached hydrogen (secondary N) is 2. The molecule has 0 unspecified atom stereocenters. The Balaban J connectivity index is 0.00000280. The average Bonchev–Trinajstić information content (AvgIpc) is 3.01. The van der Waals surface area contributed by atoms with Gasteiger partial charge in [-0.05, 0) is 50.9 Å². The molecule has 0 saturated carbocycles. The minimum atomic E-state index is 0. The summed E-state index contributed by atoms with van der Waals surface area (Å²) < 4.78 is 5.59. The topological polar surface area (TPSA) is 65.7 Å². The molecule has 1 saturated heterocycles. The molecule has 7 heteroatoms. The van der Waals surface area contributed by atoms with Gasteiger partial charge in [-0.3, -0.25) is 9.89 Å². The van der Waals surface area contributed by atoms with Crippen LogP contribution in [0.1, 0.15) is 47.7 Å². The van der Waals surface area contributed by atoms with Gasteiger partial charge < -0.3 is 15.1 Å². The Kier molecular flexibility index (Phi) is 9.24. The van der Waals surface area contributed by atoms with Crippen LogP contribution in [-0.2, 0) is 19.6 Å². The molecule has 0 spiro atoms. The van der Waals surface area contributed by atoms with E-state index in [1.807, 2.05) is 13.8 Å². The number of likely N-dealkylation sites (tertiary alicyclic amines) is 1. The van der Waals surface area contributed by atoms with Gasteiger partial charge in [-0.15, -0.1) is 24.0 Å². The number of aryl methyl sites for hydroxylation is 2. The predicted octanol–water partition coefficient (Wildman–Crippen LogP) is 3.76. The molecule has 1 fully saturated rings. The molecule has 1 aromatic heterocycles. The van der Waals surface area contributed by atoms with Crippen LogP contribution in [-0.4, -0.2) is 36.0 Å². The van der Waals surface area contributed by atoms with Crippen LogP contribution in [0.15, 0.2) is 33.7 Å². The van der Waals surface area contributed by atoms with Crippen LogP contribution in [0.4, 0.5) is 0 Å². The summed E-state index contributed by atoms with van der Waals surface area (Å²) in [7, 11) is 1.77. The first kappa shape index (κ1) is 22.7. The number of guanidine groups is 1. The number of aromatic nitrogens is 1. The summed E-state index contributed by atoms with van der Waals surface area (Å²) in [6.07, 6.45) is 4.05. The fraction of sp³-hybridized carbons (Fsp3) is 0.524. The van der Waals surface area contributed by atoms with Crippen molar-refractivity contribution < 1.29 is 4.42 Å². The van der Waals surface area contributed by atoms with E-state index in [2.05, 4.69) is 49.8 Å². The standard InChI is InChI=1S/C21H31N5O.HI/c1-16-17(2)27-20(25-16)14-24-21(22-3)23-13-18-7-9-19(10-8-18)15-26-11-5-4-6-12-26;/h7-10H,4-6,11-15H2,1-3H3,(H2,22,23,24);1H.